The Morgan fingerprint density at radius 3 is 2.29 bits per heavy atom. The molecule has 24 heavy (non-hydrogen) atoms. The molecule has 2 aliphatic heterocycles. The number of carbonyl (C=O) groups excluding carboxylic acids is 2. The van der Waals surface area contributed by atoms with E-state index in [2.05, 4.69) is 0 Å². The molecule has 130 valence electrons. The normalized spacial score (nSPS) is 22.1. The molecule has 2 heterocycles. The lowest BCUT2D eigenvalue weighted by Gasteiger charge is -2.35. The Hall–Kier alpha value is -1.55. The highest BCUT2D eigenvalue weighted by Gasteiger charge is 2.32. The molecule has 0 radical (unpaired) electrons. The average molecular weight is 349 g/mol. The standard InChI is InChI=1S/C19H25ClN2O2/c20-17-10-4-3-9-16(17)19(24)22-13-7-8-15(14-22)18(23)21-11-5-1-2-6-12-21/h3-4,9-10,15H,1-2,5-8,11-14H2. The van der Waals surface area contributed by atoms with Crippen LogP contribution in [0.25, 0.3) is 0 Å². The average Bonchev–Trinajstić information content (AvgIpc) is 2.90. The highest BCUT2D eigenvalue weighted by molar-refractivity contribution is 6.33. The van der Waals surface area contributed by atoms with Crippen LogP contribution in [-0.4, -0.2) is 47.8 Å². The summed E-state index contributed by atoms with van der Waals surface area (Å²) in [5.74, 6) is 0.103. The Balaban J connectivity index is 1.66. The van der Waals surface area contributed by atoms with Crippen molar-refractivity contribution in [3.8, 4) is 0 Å². The maximum Gasteiger partial charge on any atom is 0.255 e. The second kappa shape index (κ2) is 8.02. The summed E-state index contributed by atoms with van der Waals surface area (Å²) >= 11 is 6.15. The van der Waals surface area contributed by atoms with E-state index in [1.165, 1.54) is 12.8 Å². The van der Waals surface area contributed by atoms with E-state index >= 15 is 0 Å². The van der Waals surface area contributed by atoms with Crippen molar-refractivity contribution in [2.24, 2.45) is 5.92 Å². The summed E-state index contributed by atoms with van der Waals surface area (Å²) in [5.41, 5.74) is 0.530. The van der Waals surface area contributed by atoms with Gasteiger partial charge in [-0.2, -0.15) is 0 Å². The SMILES string of the molecule is O=C(c1ccccc1Cl)N1CCCC(C(=O)N2CCCCCC2)C1. The molecule has 1 unspecified atom stereocenters. The zero-order valence-electron chi connectivity index (χ0n) is 14.0. The summed E-state index contributed by atoms with van der Waals surface area (Å²) < 4.78 is 0. The topological polar surface area (TPSA) is 40.6 Å². The van der Waals surface area contributed by atoms with Crippen molar-refractivity contribution in [1.82, 2.24) is 9.80 Å². The molecule has 0 aromatic heterocycles. The number of amides is 2. The molecule has 2 fully saturated rings. The van der Waals surface area contributed by atoms with Gasteiger partial charge >= 0.3 is 0 Å². The van der Waals surface area contributed by atoms with Crippen LogP contribution in [0.15, 0.2) is 24.3 Å². The third-order valence-corrected chi connectivity index (χ3v) is 5.41. The van der Waals surface area contributed by atoms with E-state index in [1.54, 1.807) is 17.0 Å². The van der Waals surface area contributed by atoms with Crippen LogP contribution in [0, 0.1) is 5.92 Å². The van der Waals surface area contributed by atoms with Gasteiger partial charge in [-0.05, 0) is 37.8 Å². The molecule has 4 nitrogen and oxygen atoms in total. The molecule has 0 bridgehead atoms. The minimum atomic E-state index is -0.0664. The summed E-state index contributed by atoms with van der Waals surface area (Å²) in [7, 11) is 0. The Morgan fingerprint density at radius 2 is 1.58 bits per heavy atom. The zero-order chi connectivity index (χ0) is 16.9. The van der Waals surface area contributed by atoms with Crippen molar-refractivity contribution < 1.29 is 9.59 Å². The van der Waals surface area contributed by atoms with E-state index in [0.29, 0.717) is 23.7 Å². The van der Waals surface area contributed by atoms with Gasteiger partial charge in [-0.1, -0.05) is 36.6 Å². The minimum absolute atomic E-state index is 0.0611. The summed E-state index contributed by atoms with van der Waals surface area (Å²) in [4.78, 5) is 29.4. The van der Waals surface area contributed by atoms with Crippen LogP contribution in [0.3, 0.4) is 0 Å². The van der Waals surface area contributed by atoms with Crippen LogP contribution in [0.4, 0.5) is 0 Å². The lowest BCUT2D eigenvalue weighted by atomic mass is 9.95. The van der Waals surface area contributed by atoms with Crippen LogP contribution < -0.4 is 0 Å². The molecule has 5 heteroatoms. The first-order valence-corrected chi connectivity index (χ1v) is 9.37. The molecule has 0 aliphatic carbocycles. The maximum atomic E-state index is 12.8. The smallest absolute Gasteiger partial charge is 0.255 e. The number of likely N-dealkylation sites (tertiary alicyclic amines) is 2. The Bertz CT molecular complexity index is 597. The first-order chi connectivity index (χ1) is 11.7. The lowest BCUT2D eigenvalue weighted by Crippen LogP contribution is -2.47. The molecule has 1 aromatic carbocycles. The van der Waals surface area contributed by atoms with Crippen LogP contribution in [0.1, 0.15) is 48.9 Å². The van der Waals surface area contributed by atoms with Crippen molar-refractivity contribution in [3.05, 3.63) is 34.9 Å². The first-order valence-electron chi connectivity index (χ1n) is 8.99. The molecule has 0 N–H and O–H groups in total. The van der Waals surface area contributed by atoms with Crippen LogP contribution in [0.2, 0.25) is 5.02 Å². The van der Waals surface area contributed by atoms with Gasteiger partial charge in [0.25, 0.3) is 5.91 Å². The number of nitrogens with zero attached hydrogens (tertiary/aromatic N) is 2. The first kappa shape index (κ1) is 17.3. The Kier molecular flexibility index (Phi) is 5.77. The summed E-state index contributed by atoms with van der Waals surface area (Å²) in [6.07, 6.45) is 6.38. The number of halogens is 1. The van der Waals surface area contributed by atoms with Gasteiger partial charge in [0, 0.05) is 26.2 Å². The van der Waals surface area contributed by atoms with E-state index in [0.717, 1.165) is 38.8 Å². The third kappa shape index (κ3) is 3.92. The number of hydrogen-bond acceptors (Lipinski definition) is 2. The second-order valence-corrected chi connectivity index (χ2v) is 7.22. The summed E-state index contributed by atoms with van der Waals surface area (Å²) in [6.45, 7) is 2.95. The molecule has 2 aliphatic rings. The predicted octanol–water partition coefficient (Wildman–Crippen LogP) is 3.59. The van der Waals surface area contributed by atoms with Gasteiger partial charge in [0.05, 0.1) is 16.5 Å². The molecule has 2 saturated heterocycles. The van der Waals surface area contributed by atoms with E-state index in [1.807, 2.05) is 17.0 Å². The van der Waals surface area contributed by atoms with Crippen molar-refractivity contribution in [2.45, 2.75) is 38.5 Å². The number of rotatable bonds is 2. The fraction of sp³-hybridized carbons (Fsp3) is 0.579. The monoisotopic (exact) mass is 348 g/mol. The largest absolute Gasteiger partial charge is 0.342 e. The van der Waals surface area contributed by atoms with Crippen molar-refractivity contribution in [2.75, 3.05) is 26.2 Å². The highest BCUT2D eigenvalue weighted by atomic mass is 35.5. The van der Waals surface area contributed by atoms with Crippen molar-refractivity contribution in [3.63, 3.8) is 0 Å². The van der Waals surface area contributed by atoms with Crippen molar-refractivity contribution in [1.29, 1.82) is 0 Å². The van der Waals surface area contributed by atoms with Gasteiger partial charge < -0.3 is 9.80 Å². The molecule has 3 rings (SSSR count). The molecular weight excluding hydrogens is 324 g/mol. The van der Waals surface area contributed by atoms with Crippen LogP contribution in [-0.2, 0) is 4.79 Å². The minimum Gasteiger partial charge on any atom is -0.342 e. The second-order valence-electron chi connectivity index (χ2n) is 6.81. The molecule has 2 amide bonds. The molecule has 0 saturated carbocycles. The summed E-state index contributed by atoms with van der Waals surface area (Å²) in [6, 6.07) is 7.13. The van der Waals surface area contributed by atoms with Gasteiger partial charge in [0.1, 0.15) is 0 Å². The van der Waals surface area contributed by atoms with Gasteiger partial charge in [0.15, 0.2) is 0 Å². The Morgan fingerprint density at radius 1 is 0.917 bits per heavy atom. The molecule has 1 aromatic rings. The number of hydrogen-bond donors (Lipinski definition) is 0. The zero-order valence-corrected chi connectivity index (χ0v) is 14.8. The van der Waals surface area contributed by atoms with Gasteiger partial charge in [-0.3, -0.25) is 9.59 Å². The van der Waals surface area contributed by atoms with E-state index in [-0.39, 0.29) is 17.7 Å². The number of benzene rings is 1. The van der Waals surface area contributed by atoms with E-state index < -0.39 is 0 Å². The van der Waals surface area contributed by atoms with E-state index in [9.17, 15) is 9.59 Å². The third-order valence-electron chi connectivity index (χ3n) is 5.08. The van der Waals surface area contributed by atoms with E-state index in [4.69, 9.17) is 11.6 Å². The molecule has 0 spiro atoms. The lowest BCUT2D eigenvalue weighted by molar-refractivity contribution is -0.136. The van der Waals surface area contributed by atoms with Gasteiger partial charge in [-0.15, -0.1) is 0 Å². The fourth-order valence-corrected chi connectivity index (χ4v) is 3.93. The summed E-state index contributed by atoms with van der Waals surface area (Å²) in [5, 5.41) is 0.475. The van der Waals surface area contributed by atoms with Gasteiger partial charge in [-0.25, -0.2) is 0 Å². The maximum absolute atomic E-state index is 12.8. The molecule has 1 atom stereocenters. The Labute approximate surface area is 148 Å². The molecular formula is C19H25ClN2O2. The quantitative estimate of drug-likeness (QED) is 0.819. The van der Waals surface area contributed by atoms with Crippen LogP contribution in [0.5, 0.6) is 0 Å². The van der Waals surface area contributed by atoms with Gasteiger partial charge in [0.2, 0.25) is 5.91 Å². The fourth-order valence-electron chi connectivity index (χ4n) is 3.72. The van der Waals surface area contributed by atoms with Crippen molar-refractivity contribution >= 4 is 23.4 Å². The predicted molar refractivity (Wildman–Crippen MR) is 95.1 cm³/mol. The number of carbonyl (C=O) groups is 2. The van der Waals surface area contributed by atoms with Crippen LogP contribution >= 0.6 is 11.6 Å². The highest BCUT2D eigenvalue weighted by Crippen LogP contribution is 2.24. The number of piperidine rings is 1.